The summed E-state index contributed by atoms with van der Waals surface area (Å²) in [5.41, 5.74) is 5.14. The highest BCUT2D eigenvalue weighted by atomic mass is 35.5. The number of halogens is 1. The van der Waals surface area contributed by atoms with Gasteiger partial charge in [-0.1, -0.05) is 29.8 Å². The zero-order valence-electron chi connectivity index (χ0n) is 13.0. The average molecular weight is 342 g/mol. The summed E-state index contributed by atoms with van der Waals surface area (Å²) in [4.78, 5) is 15.0. The molecule has 24 heavy (non-hydrogen) atoms. The maximum absolute atomic E-state index is 11.8. The van der Waals surface area contributed by atoms with Gasteiger partial charge in [0.2, 0.25) is 0 Å². The molecule has 0 atom stereocenters. The first-order valence-electron chi connectivity index (χ1n) is 7.40. The summed E-state index contributed by atoms with van der Waals surface area (Å²) < 4.78 is 5.45. The lowest BCUT2D eigenvalue weighted by atomic mass is 10.2. The van der Waals surface area contributed by atoms with Crippen LogP contribution in [0.4, 0.5) is 0 Å². The number of amides is 1. The number of rotatable bonds is 5. The monoisotopic (exact) mass is 341 g/mol. The number of hydrogen-bond acceptors (Lipinski definition) is 3. The van der Waals surface area contributed by atoms with Crippen LogP contribution >= 0.6 is 11.6 Å². The molecule has 0 radical (unpaired) electrons. The number of aryl methyl sites for hydroxylation is 1. The SMILES string of the molecule is Cc1cc(Cl)ccc1OCC(=O)N/N=C/c1cc2ccccc2[nH]1. The van der Waals surface area contributed by atoms with Gasteiger partial charge in [-0.3, -0.25) is 4.79 Å². The van der Waals surface area contributed by atoms with Gasteiger partial charge in [0.05, 0.1) is 11.9 Å². The third kappa shape index (κ3) is 3.94. The maximum Gasteiger partial charge on any atom is 0.277 e. The zero-order valence-corrected chi connectivity index (χ0v) is 13.8. The Hall–Kier alpha value is -2.79. The summed E-state index contributed by atoms with van der Waals surface area (Å²) in [5, 5.41) is 5.65. The number of aromatic amines is 1. The molecule has 0 fully saturated rings. The van der Waals surface area contributed by atoms with Crippen molar-refractivity contribution in [3.05, 3.63) is 64.8 Å². The number of nitrogens with one attached hydrogen (secondary N) is 2. The number of para-hydroxylation sites is 1. The molecule has 0 aliphatic carbocycles. The number of carbonyl (C=O) groups is 1. The summed E-state index contributed by atoms with van der Waals surface area (Å²) >= 11 is 5.88. The maximum atomic E-state index is 11.8. The van der Waals surface area contributed by atoms with Crippen molar-refractivity contribution in [2.45, 2.75) is 6.92 Å². The van der Waals surface area contributed by atoms with Gasteiger partial charge in [-0.05, 0) is 42.8 Å². The fraction of sp³-hybridized carbons (Fsp3) is 0.111. The normalized spacial score (nSPS) is 11.1. The van der Waals surface area contributed by atoms with Gasteiger partial charge in [-0.15, -0.1) is 0 Å². The number of aromatic nitrogens is 1. The average Bonchev–Trinajstić information content (AvgIpc) is 2.96. The second kappa shape index (κ2) is 7.19. The van der Waals surface area contributed by atoms with Crippen LogP contribution in [0.5, 0.6) is 5.75 Å². The van der Waals surface area contributed by atoms with E-state index >= 15 is 0 Å². The van der Waals surface area contributed by atoms with E-state index < -0.39 is 0 Å². The fourth-order valence-electron chi connectivity index (χ4n) is 2.29. The molecule has 1 aromatic heterocycles. The van der Waals surface area contributed by atoms with Crippen LogP contribution in [0.1, 0.15) is 11.3 Å². The predicted molar refractivity (Wildman–Crippen MR) is 95.7 cm³/mol. The molecule has 0 bridgehead atoms. The molecular formula is C18H16ClN3O2. The van der Waals surface area contributed by atoms with E-state index in [0.717, 1.165) is 22.2 Å². The summed E-state index contributed by atoms with van der Waals surface area (Å²) in [7, 11) is 0. The Kier molecular flexibility index (Phi) is 4.82. The van der Waals surface area contributed by atoms with Crippen LogP contribution in [-0.2, 0) is 4.79 Å². The van der Waals surface area contributed by atoms with Crippen LogP contribution in [0.2, 0.25) is 5.02 Å². The zero-order chi connectivity index (χ0) is 16.9. The molecule has 2 aromatic carbocycles. The number of fused-ring (bicyclic) bond motifs is 1. The van der Waals surface area contributed by atoms with Gasteiger partial charge >= 0.3 is 0 Å². The second-order valence-electron chi connectivity index (χ2n) is 5.30. The molecule has 6 heteroatoms. The Morgan fingerprint density at radius 2 is 2.12 bits per heavy atom. The standard InChI is InChI=1S/C18H16ClN3O2/c1-12-8-14(19)6-7-17(12)24-11-18(23)22-20-10-15-9-13-4-2-3-5-16(13)21-15/h2-10,21H,11H2,1H3,(H,22,23)/b20-10+. The van der Waals surface area contributed by atoms with Crippen LogP contribution in [0.3, 0.4) is 0 Å². The van der Waals surface area contributed by atoms with Crippen molar-refractivity contribution < 1.29 is 9.53 Å². The first-order valence-corrected chi connectivity index (χ1v) is 7.78. The first-order chi connectivity index (χ1) is 11.6. The molecule has 0 saturated carbocycles. The predicted octanol–water partition coefficient (Wildman–Crippen LogP) is 3.66. The Morgan fingerprint density at radius 3 is 2.92 bits per heavy atom. The summed E-state index contributed by atoms with van der Waals surface area (Å²) in [6, 6.07) is 15.1. The summed E-state index contributed by atoms with van der Waals surface area (Å²) in [6.45, 7) is 1.75. The number of carbonyl (C=O) groups excluding carboxylic acids is 1. The van der Waals surface area contributed by atoms with Gasteiger partial charge in [0, 0.05) is 15.9 Å². The number of benzene rings is 2. The molecule has 3 rings (SSSR count). The fourth-order valence-corrected chi connectivity index (χ4v) is 2.52. The van der Waals surface area contributed by atoms with E-state index in [1.807, 2.05) is 37.3 Å². The van der Waals surface area contributed by atoms with E-state index in [0.29, 0.717) is 10.8 Å². The third-order valence-corrected chi connectivity index (χ3v) is 3.67. The molecule has 1 amide bonds. The highest BCUT2D eigenvalue weighted by Crippen LogP contribution is 2.21. The smallest absolute Gasteiger partial charge is 0.277 e. The Balaban J connectivity index is 1.53. The molecule has 0 aliphatic heterocycles. The Labute approximate surface area is 144 Å². The molecule has 0 aliphatic rings. The molecular weight excluding hydrogens is 326 g/mol. The number of H-pyrrole nitrogens is 1. The van der Waals surface area contributed by atoms with Crippen molar-refractivity contribution in [1.29, 1.82) is 0 Å². The van der Waals surface area contributed by atoms with Crippen molar-refractivity contribution in [3.8, 4) is 5.75 Å². The van der Waals surface area contributed by atoms with E-state index in [4.69, 9.17) is 16.3 Å². The van der Waals surface area contributed by atoms with E-state index in [9.17, 15) is 4.79 Å². The third-order valence-electron chi connectivity index (χ3n) is 3.44. The lowest BCUT2D eigenvalue weighted by Crippen LogP contribution is -2.24. The van der Waals surface area contributed by atoms with E-state index in [1.54, 1.807) is 24.4 Å². The van der Waals surface area contributed by atoms with E-state index in [-0.39, 0.29) is 12.5 Å². The van der Waals surface area contributed by atoms with Gasteiger partial charge in [-0.2, -0.15) is 5.10 Å². The van der Waals surface area contributed by atoms with Crippen LogP contribution in [0.25, 0.3) is 10.9 Å². The first kappa shape index (κ1) is 16.1. The van der Waals surface area contributed by atoms with Gasteiger partial charge in [0.25, 0.3) is 5.91 Å². The molecule has 3 aromatic rings. The topological polar surface area (TPSA) is 66.5 Å². The minimum absolute atomic E-state index is 0.119. The number of hydrazone groups is 1. The lowest BCUT2D eigenvalue weighted by Gasteiger charge is -2.08. The van der Waals surface area contributed by atoms with Gasteiger partial charge < -0.3 is 9.72 Å². The van der Waals surface area contributed by atoms with Crippen molar-refractivity contribution >= 4 is 34.6 Å². The molecule has 122 valence electrons. The molecule has 5 nitrogen and oxygen atoms in total. The Bertz CT molecular complexity index is 869. The minimum atomic E-state index is -0.336. The number of ether oxygens (including phenoxy) is 1. The molecule has 0 saturated heterocycles. The second-order valence-corrected chi connectivity index (χ2v) is 5.74. The van der Waals surface area contributed by atoms with Crippen molar-refractivity contribution in [1.82, 2.24) is 10.4 Å². The number of nitrogens with zero attached hydrogens (tertiary/aromatic N) is 1. The van der Waals surface area contributed by atoms with E-state index in [2.05, 4.69) is 15.5 Å². The molecule has 0 unspecified atom stereocenters. The highest BCUT2D eigenvalue weighted by molar-refractivity contribution is 6.30. The van der Waals surface area contributed by atoms with Crippen LogP contribution in [0.15, 0.2) is 53.6 Å². The summed E-state index contributed by atoms with van der Waals surface area (Å²) in [5.74, 6) is 0.283. The van der Waals surface area contributed by atoms with Crippen LogP contribution < -0.4 is 10.2 Å². The quantitative estimate of drug-likeness (QED) is 0.549. The lowest BCUT2D eigenvalue weighted by molar-refractivity contribution is -0.123. The highest BCUT2D eigenvalue weighted by Gasteiger charge is 2.04. The molecule has 0 spiro atoms. The van der Waals surface area contributed by atoms with Crippen molar-refractivity contribution in [2.24, 2.45) is 5.10 Å². The van der Waals surface area contributed by atoms with Crippen molar-refractivity contribution in [3.63, 3.8) is 0 Å². The van der Waals surface area contributed by atoms with Gasteiger partial charge in [-0.25, -0.2) is 5.43 Å². The number of hydrogen-bond donors (Lipinski definition) is 2. The Morgan fingerprint density at radius 1 is 1.29 bits per heavy atom. The van der Waals surface area contributed by atoms with Crippen LogP contribution in [-0.4, -0.2) is 23.7 Å². The van der Waals surface area contributed by atoms with Crippen LogP contribution in [0, 0.1) is 6.92 Å². The van der Waals surface area contributed by atoms with E-state index in [1.165, 1.54) is 0 Å². The molecule has 1 heterocycles. The largest absolute Gasteiger partial charge is 0.483 e. The van der Waals surface area contributed by atoms with Gasteiger partial charge in [0.15, 0.2) is 6.61 Å². The summed E-state index contributed by atoms with van der Waals surface area (Å²) in [6.07, 6.45) is 1.56. The van der Waals surface area contributed by atoms with Crippen molar-refractivity contribution in [2.75, 3.05) is 6.61 Å². The van der Waals surface area contributed by atoms with Gasteiger partial charge in [0.1, 0.15) is 5.75 Å². The molecule has 2 N–H and O–H groups in total. The minimum Gasteiger partial charge on any atom is -0.483 e.